The maximum absolute atomic E-state index is 13.7. The molecule has 0 aliphatic rings. The van der Waals surface area contributed by atoms with Gasteiger partial charge in [-0.2, -0.15) is 0 Å². The van der Waals surface area contributed by atoms with E-state index in [-0.39, 0.29) is 24.9 Å². The number of nitrogens with zero attached hydrogens (tertiary/aromatic N) is 2. The second-order valence-corrected chi connectivity index (χ2v) is 11.6. The predicted octanol–water partition coefficient (Wildman–Crippen LogP) is 3.96. The summed E-state index contributed by atoms with van der Waals surface area (Å²) >= 11 is 0. The predicted molar refractivity (Wildman–Crippen MR) is 142 cm³/mol. The van der Waals surface area contributed by atoms with Crippen molar-refractivity contribution in [3.05, 3.63) is 64.7 Å². The van der Waals surface area contributed by atoms with Crippen LogP contribution in [-0.4, -0.2) is 50.5 Å². The lowest BCUT2D eigenvalue weighted by Crippen LogP contribution is -2.52. The first-order valence-electron chi connectivity index (χ1n) is 12.0. The van der Waals surface area contributed by atoms with Crippen LogP contribution in [-0.2, 0) is 26.2 Å². The van der Waals surface area contributed by atoms with Crippen LogP contribution in [0, 0.1) is 26.7 Å². The molecule has 1 atom stereocenters. The van der Waals surface area contributed by atoms with Gasteiger partial charge in [0.25, 0.3) is 0 Å². The molecule has 0 aliphatic heterocycles. The number of hydrogen-bond acceptors (Lipinski definition) is 4. The van der Waals surface area contributed by atoms with Crippen molar-refractivity contribution in [1.82, 2.24) is 10.2 Å². The molecule has 2 rings (SSSR count). The smallest absolute Gasteiger partial charge is 0.244 e. The molecule has 2 aromatic carbocycles. The van der Waals surface area contributed by atoms with Gasteiger partial charge in [-0.1, -0.05) is 56.7 Å². The van der Waals surface area contributed by atoms with Crippen molar-refractivity contribution in [3.63, 3.8) is 0 Å². The summed E-state index contributed by atoms with van der Waals surface area (Å²) < 4.78 is 26.6. The normalized spacial score (nSPS) is 12.3. The van der Waals surface area contributed by atoms with Crippen LogP contribution in [0.25, 0.3) is 0 Å². The van der Waals surface area contributed by atoms with Crippen LogP contribution in [0.3, 0.4) is 0 Å². The van der Waals surface area contributed by atoms with Gasteiger partial charge in [-0.25, -0.2) is 8.42 Å². The van der Waals surface area contributed by atoms with Crippen LogP contribution in [0.5, 0.6) is 0 Å². The van der Waals surface area contributed by atoms with Crippen molar-refractivity contribution >= 4 is 27.5 Å². The zero-order valence-corrected chi connectivity index (χ0v) is 22.8. The summed E-state index contributed by atoms with van der Waals surface area (Å²) in [5, 5.41) is 2.93. The van der Waals surface area contributed by atoms with E-state index in [1.807, 2.05) is 71.9 Å². The minimum absolute atomic E-state index is 0.206. The Balaban J connectivity index is 2.44. The summed E-state index contributed by atoms with van der Waals surface area (Å²) in [6.07, 6.45) is 1.50. The van der Waals surface area contributed by atoms with E-state index in [9.17, 15) is 18.0 Å². The van der Waals surface area contributed by atoms with Crippen molar-refractivity contribution in [1.29, 1.82) is 0 Å². The zero-order chi connectivity index (χ0) is 26.3. The van der Waals surface area contributed by atoms with Crippen molar-refractivity contribution in [3.8, 4) is 0 Å². The highest BCUT2D eigenvalue weighted by molar-refractivity contribution is 7.92. The first kappa shape index (κ1) is 28.4. The summed E-state index contributed by atoms with van der Waals surface area (Å²) in [6.45, 7) is 11.9. The average Bonchev–Trinajstić information content (AvgIpc) is 2.75. The minimum Gasteiger partial charge on any atom is -0.354 e. The third kappa shape index (κ3) is 8.38. The molecule has 0 spiro atoms. The third-order valence-corrected chi connectivity index (χ3v) is 6.86. The maximum Gasteiger partial charge on any atom is 0.244 e. The third-order valence-electron chi connectivity index (χ3n) is 5.72. The molecule has 2 aromatic rings. The molecule has 0 saturated carbocycles. The van der Waals surface area contributed by atoms with Gasteiger partial charge in [0, 0.05) is 13.1 Å². The van der Waals surface area contributed by atoms with Gasteiger partial charge >= 0.3 is 0 Å². The number of rotatable bonds is 11. The number of sulfonamides is 1. The van der Waals surface area contributed by atoms with Gasteiger partial charge in [0.1, 0.15) is 12.6 Å². The van der Waals surface area contributed by atoms with E-state index in [1.165, 1.54) is 4.90 Å². The SMILES string of the molecule is CC[C@@H](C(=O)NCC(C)C)N(Cc1ccc(C)cc1)C(=O)CN(c1cc(C)cc(C)c1)S(C)(=O)=O. The zero-order valence-electron chi connectivity index (χ0n) is 22.0. The molecule has 0 aliphatic carbocycles. The van der Waals surface area contributed by atoms with E-state index in [0.29, 0.717) is 18.7 Å². The average molecular weight is 502 g/mol. The molecule has 2 amide bonds. The monoisotopic (exact) mass is 501 g/mol. The number of hydrogen-bond donors (Lipinski definition) is 1. The van der Waals surface area contributed by atoms with Crippen molar-refractivity contribution in [2.75, 3.05) is 23.7 Å². The molecule has 35 heavy (non-hydrogen) atoms. The second-order valence-electron chi connectivity index (χ2n) is 9.69. The van der Waals surface area contributed by atoms with Crippen LogP contribution >= 0.6 is 0 Å². The Morgan fingerprint density at radius 3 is 2.00 bits per heavy atom. The van der Waals surface area contributed by atoms with E-state index in [2.05, 4.69) is 5.32 Å². The molecule has 0 fully saturated rings. The lowest BCUT2D eigenvalue weighted by Gasteiger charge is -2.33. The molecule has 1 N–H and O–H groups in total. The summed E-state index contributed by atoms with van der Waals surface area (Å²) in [7, 11) is -3.75. The molecular weight excluding hydrogens is 462 g/mol. The number of carbonyl (C=O) groups excluding carboxylic acids is 2. The number of benzene rings is 2. The molecule has 192 valence electrons. The fourth-order valence-corrected chi connectivity index (χ4v) is 4.77. The fourth-order valence-electron chi connectivity index (χ4n) is 3.94. The lowest BCUT2D eigenvalue weighted by atomic mass is 10.1. The molecule has 0 heterocycles. The highest BCUT2D eigenvalue weighted by Gasteiger charge is 2.31. The Labute approximate surface area is 210 Å². The standard InChI is InChI=1S/C27H39N3O4S/c1-8-25(27(32)28-16-19(2)3)29(17-23-11-9-20(4)10-12-23)26(31)18-30(35(7,33)34)24-14-21(5)13-22(6)15-24/h9-15,19,25H,8,16-18H2,1-7H3,(H,28,32)/t25-/m0/s1. The van der Waals surface area contributed by atoms with Crippen LogP contribution in [0.4, 0.5) is 5.69 Å². The van der Waals surface area contributed by atoms with E-state index >= 15 is 0 Å². The molecule has 0 aromatic heterocycles. The Bertz CT molecular complexity index is 1110. The summed E-state index contributed by atoms with van der Waals surface area (Å²) in [4.78, 5) is 28.3. The summed E-state index contributed by atoms with van der Waals surface area (Å²) in [6, 6.07) is 12.5. The molecule has 0 radical (unpaired) electrons. The largest absolute Gasteiger partial charge is 0.354 e. The van der Waals surface area contributed by atoms with Gasteiger partial charge in [0.15, 0.2) is 0 Å². The molecule has 8 heteroatoms. The molecule has 0 bridgehead atoms. The van der Waals surface area contributed by atoms with Crippen molar-refractivity contribution in [2.45, 2.75) is 60.5 Å². The Hall–Kier alpha value is -2.87. The number of nitrogens with one attached hydrogen (secondary N) is 1. The Morgan fingerprint density at radius 2 is 1.51 bits per heavy atom. The van der Waals surface area contributed by atoms with E-state index in [1.54, 1.807) is 12.1 Å². The van der Waals surface area contributed by atoms with E-state index in [4.69, 9.17) is 0 Å². The second kappa shape index (κ2) is 12.2. The molecule has 0 saturated heterocycles. The van der Waals surface area contributed by atoms with Gasteiger partial charge in [0.2, 0.25) is 21.8 Å². The van der Waals surface area contributed by atoms with E-state index < -0.39 is 22.0 Å². The molecule has 0 unspecified atom stereocenters. The van der Waals surface area contributed by atoms with Gasteiger partial charge in [-0.05, 0) is 61.9 Å². The summed E-state index contributed by atoms with van der Waals surface area (Å²) in [5.74, 6) is -0.399. The number of anilines is 1. The highest BCUT2D eigenvalue weighted by atomic mass is 32.2. The summed E-state index contributed by atoms with van der Waals surface area (Å²) in [5.41, 5.74) is 4.20. The Kier molecular flexibility index (Phi) is 9.89. The number of aryl methyl sites for hydroxylation is 3. The van der Waals surface area contributed by atoms with Crippen LogP contribution < -0.4 is 9.62 Å². The minimum atomic E-state index is -3.75. The van der Waals surface area contributed by atoms with Crippen LogP contribution in [0.2, 0.25) is 0 Å². The first-order chi connectivity index (χ1) is 16.3. The van der Waals surface area contributed by atoms with E-state index in [0.717, 1.165) is 32.8 Å². The van der Waals surface area contributed by atoms with Gasteiger partial charge in [-0.15, -0.1) is 0 Å². The topological polar surface area (TPSA) is 86.8 Å². The number of amides is 2. The lowest BCUT2D eigenvalue weighted by molar-refractivity contribution is -0.140. The molecular formula is C27H39N3O4S. The molecule has 7 nitrogen and oxygen atoms in total. The fraction of sp³-hybridized carbons (Fsp3) is 0.481. The quantitative estimate of drug-likeness (QED) is 0.505. The van der Waals surface area contributed by atoms with Gasteiger partial charge in [-0.3, -0.25) is 13.9 Å². The first-order valence-corrected chi connectivity index (χ1v) is 13.8. The Morgan fingerprint density at radius 1 is 0.943 bits per heavy atom. The van der Waals surface area contributed by atoms with Crippen molar-refractivity contribution in [2.24, 2.45) is 5.92 Å². The highest BCUT2D eigenvalue weighted by Crippen LogP contribution is 2.22. The maximum atomic E-state index is 13.7. The van der Waals surface area contributed by atoms with Crippen LogP contribution in [0.15, 0.2) is 42.5 Å². The van der Waals surface area contributed by atoms with Gasteiger partial charge < -0.3 is 10.2 Å². The van der Waals surface area contributed by atoms with Crippen LogP contribution in [0.1, 0.15) is 49.4 Å². The number of carbonyl (C=O) groups is 2. The van der Waals surface area contributed by atoms with Crippen molar-refractivity contribution < 1.29 is 18.0 Å². The van der Waals surface area contributed by atoms with Gasteiger partial charge in [0.05, 0.1) is 11.9 Å².